The van der Waals surface area contributed by atoms with Crippen molar-refractivity contribution in [2.24, 2.45) is 11.1 Å². The molecule has 1 amide bonds. The average molecular weight is 277 g/mol. The van der Waals surface area contributed by atoms with E-state index in [-0.39, 0.29) is 11.7 Å². The summed E-state index contributed by atoms with van der Waals surface area (Å²) in [6.07, 6.45) is 3.30. The van der Waals surface area contributed by atoms with E-state index < -0.39 is 17.3 Å². The predicted molar refractivity (Wildman–Crippen MR) is 74.4 cm³/mol. The third kappa shape index (κ3) is 2.74. The number of hydrogen-bond acceptors (Lipinski definition) is 4. The standard InChI is InChI=1S/C14H19N3O3/c1-14(13(19)20)8-3-2-6-10(14)17-11-7-4-5-9(16-11)12(15)18/h4-5,7,10H,2-3,6,8H2,1H3,(H2,15,18)(H,16,17)(H,19,20). The van der Waals surface area contributed by atoms with Crippen LogP contribution in [0.3, 0.4) is 0 Å². The number of pyridine rings is 1. The van der Waals surface area contributed by atoms with E-state index in [1.165, 1.54) is 6.07 Å². The van der Waals surface area contributed by atoms with Crippen LogP contribution in [0, 0.1) is 5.41 Å². The second-order valence-electron chi connectivity index (χ2n) is 5.44. The van der Waals surface area contributed by atoms with E-state index in [2.05, 4.69) is 10.3 Å². The van der Waals surface area contributed by atoms with E-state index in [1.54, 1.807) is 19.1 Å². The van der Waals surface area contributed by atoms with Gasteiger partial charge in [-0.1, -0.05) is 18.9 Å². The highest BCUT2D eigenvalue weighted by Crippen LogP contribution is 2.37. The minimum Gasteiger partial charge on any atom is -0.481 e. The van der Waals surface area contributed by atoms with Crippen molar-refractivity contribution in [2.45, 2.75) is 38.6 Å². The van der Waals surface area contributed by atoms with Gasteiger partial charge < -0.3 is 16.2 Å². The van der Waals surface area contributed by atoms with Gasteiger partial charge in [0, 0.05) is 6.04 Å². The van der Waals surface area contributed by atoms with Crippen LogP contribution >= 0.6 is 0 Å². The Bertz CT molecular complexity index is 532. The van der Waals surface area contributed by atoms with Crippen LogP contribution in [0.4, 0.5) is 5.82 Å². The number of amides is 1. The lowest BCUT2D eigenvalue weighted by Gasteiger charge is -2.38. The largest absolute Gasteiger partial charge is 0.481 e. The number of aromatic nitrogens is 1. The number of carboxylic acid groups (broad SMARTS) is 1. The average Bonchev–Trinajstić information content (AvgIpc) is 2.41. The van der Waals surface area contributed by atoms with Crippen LogP contribution in [0.25, 0.3) is 0 Å². The fourth-order valence-corrected chi connectivity index (χ4v) is 2.65. The molecule has 0 aromatic carbocycles. The normalized spacial score (nSPS) is 25.9. The summed E-state index contributed by atoms with van der Waals surface area (Å²) in [7, 11) is 0. The number of aliphatic carboxylic acids is 1. The van der Waals surface area contributed by atoms with Gasteiger partial charge in [0.1, 0.15) is 11.5 Å². The van der Waals surface area contributed by atoms with Crippen LogP contribution in [0.1, 0.15) is 43.1 Å². The molecule has 2 rings (SSSR count). The highest BCUT2D eigenvalue weighted by molar-refractivity contribution is 5.91. The van der Waals surface area contributed by atoms with E-state index in [0.717, 1.165) is 19.3 Å². The van der Waals surface area contributed by atoms with Gasteiger partial charge in [-0.3, -0.25) is 9.59 Å². The molecule has 0 spiro atoms. The Balaban J connectivity index is 2.21. The van der Waals surface area contributed by atoms with Gasteiger partial charge in [-0.25, -0.2) is 4.98 Å². The number of nitrogens with one attached hydrogen (secondary N) is 1. The Morgan fingerprint density at radius 1 is 1.45 bits per heavy atom. The summed E-state index contributed by atoms with van der Waals surface area (Å²) in [6, 6.07) is 4.72. The lowest BCUT2D eigenvalue weighted by atomic mass is 9.71. The molecule has 20 heavy (non-hydrogen) atoms. The van der Waals surface area contributed by atoms with Gasteiger partial charge in [0.05, 0.1) is 5.41 Å². The van der Waals surface area contributed by atoms with E-state index in [0.29, 0.717) is 12.2 Å². The van der Waals surface area contributed by atoms with E-state index >= 15 is 0 Å². The topological polar surface area (TPSA) is 105 Å². The molecule has 1 saturated carbocycles. The molecule has 6 nitrogen and oxygen atoms in total. The van der Waals surface area contributed by atoms with Gasteiger partial charge in [-0.2, -0.15) is 0 Å². The molecule has 108 valence electrons. The fourth-order valence-electron chi connectivity index (χ4n) is 2.65. The molecule has 0 saturated heterocycles. The summed E-state index contributed by atoms with van der Waals surface area (Å²) >= 11 is 0. The van der Waals surface area contributed by atoms with Gasteiger partial charge in [-0.15, -0.1) is 0 Å². The lowest BCUT2D eigenvalue weighted by molar-refractivity contribution is -0.150. The van der Waals surface area contributed by atoms with Gasteiger partial charge >= 0.3 is 5.97 Å². The van der Waals surface area contributed by atoms with Crippen molar-refractivity contribution in [1.29, 1.82) is 0 Å². The maximum absolute atomic E-state index is 11.5. The van der Waals surface area contributed by atoms with Crippen molar-refractivity contribution >= 4 is 17.7 Å². The Morgan fingerprint density at radius 2 is 2.20 bits per heavy atom. The highest BCUT2D eigenvalue weighted by Gasteiger charge is 2.43. The Hall–Kier alpha value is -2.11. The minimum atomic E-state index is -0.817. The molecule has 6 heteroatoms. The van der Waals surface area contributed by atoms with Crippen LogP contribution in [0.15, 0.2) is 18.2 Å². The Morgan fingerprint density at radius 3 is 2.85 bits per heavy atom. The molecule has 0 bridgehead atoms. The van der Waals surface area contributed by atoms with Crippen LogP contribution in [0.5, 0.6) is 0 Å². The molecule has 1 aromatic rings. The third-order valence-corrected chi connectivity index (χ3v) is 4.02. The quantitative estimate of drug-likeness (QED) is 0.775. The monoisotopic (exact) mass is 277 g/mol. The first-order valence-electron chi connectivity index (χ1n) is 6.70. The van der Waals surface area contributed by atoms with E-state index in [9.17, 15) is 14.7 Å². The molecule has 1 aliphatic rings. The number of carbonyl (C=O) groups is 2. The molecule has 1 fully saturated rings. The van der Waals surface area contributed by atoms with Crippen molar-refractivity contribution in [3.05, 3.63) is 23.9 Å². The number of nitrogens with zero attached hydrogens (tertiary/aromatic N) is 1. The lowest BCUT2D eigenvalue weighted by Crippen LogP contribution is -2.46. The minimum absolute atomic E-state index is 0.169. The number of rotatable bonds is 4. The van der Waals surface area contributed by atoms with Crippen LogP contribution in [-0.2, 0) is 4.79 Å². The number of carboxylic acids is 1. The summed E-state index contributed by atoms with van der Waals surface area (Å²) in [6.45, 7) is 1.75. The predicted octanol–water partition coefficient (Wildman–Crippen LogP) is 1.63. The van der Waals surface area contributed by atoms with Crippen molar-refractivity contribution < 1.29 is 14.7 Å². The van der Waals surface area contributed by atoms with Crippen molar-refractivity contribution in [3.63, 3.8) is 0 Å². The molecule has 2 unspecified atom stereocenters. The molecule has 0 radical (unpaired) electrons. The number of primary amides is 1. The first kappa shape index (κ1) is 14.3. The summed E-state index contributed by atoms with van der Waals surface area (Å²) < 4.78 is 0. The second kappa shape index (κ2) is 5.48. The van der Waals surface area contributed by atoms with Crippen LogP contribution < -0.4 is 11.1 Å². The highest BCUT2D eigenvalue weighted by atomic mass is 16.4. The molecule has 1 heterocycles. The smallest absolute Gasteiger partial charge is 0.311 e. The Labute approximate surface area is 117 Å². The summed E-state index contributed by atoms with van der Waals surface area (Å²) in [5.74, 6) is -0.917. The van der Waals surface area contributed by atoms with Crippen LogP contribution in [0.2, 0.25) is 0 Å². The first-order valence-corrected chi connectivity index (χ1v) is 6.70. The maximum atomic E-state index is 11.5. The third-order valence-electron chi connectivity index (χ3n) is 4.02. The van der Waals surface area contributed by atoms with Gasteiger partial charge in [0.2, 0.25) is 0 Å². The zero-order chi connectivity index (χ0) is 14.8. The summed E-state index contributed by atoms with van der Waals surface area (Å²) in [5, 5.41) is 12.6. The first-order chi connectivity index (χ1) is 9.43. The number of carbonyl (C=O) groups excluding carboxylic acids is 1. The molecule has 0 aliphatic heterocycles. The second-order valence-corrected chi connectivity index (χ2v) is 5.44. The molecule has 1 aromatic heterocycles. The van der Waals surface area contributed by atoms with E-state index in [4.69, 9.17) is 5.73 Å². The maximum Gasteiger partial charge on any atom is 0.311 e. The summed E-state index contributed by atoms with van der Waals surface area (Å²) in [4.78, 5) is 26.7. The molecule has 4 N–H and O–H groups in total. The molecular weight excluding hydrogens is 258 g/mol. The SMILES string of the molecule is CC1(C(=O)O)CCCCC1Nc1cccc(C(N)=O)n1. The van der Waals surface area contributed by atoms with E-state index in [1.807, 2.05) is 0 Å². The number of anilines is 1. The van der Waals surface area contributed by atoms with Gasteiger partial charge in [0.25, 0.3) is 5.91 Å². The van der Waals surface area contributed by atoms with Crippen LogP contribution in [-0.4, -0.2) is 28.0 Å². The van der Waals surface area contributed by atoms with Crippen molar-refractivity contribution in [3.8, 4) is 0 Å². The number of hydrogen-bond donors (Lipinski definition) is 3. The zero-order valence-corrected chi connectivity index (χ0v) is 11.4. The Kier molecular flexibility index (Phi) is 3.92. The number of nitrogens with two attached hydrogens (primary N) is 1. The molecular formula is C14H19N3O3. The van der Waals surface area contributed by atoms with Crippen molar-refractivity contribution in [2.75, 3.05) is 5.32 Å². The summed E-state index contributed by atoms with van der Waals surface area (Å²) in [5.41, 5.74) is 4.55. The fraction of sp³-hybridized carbons (Fsp3) is 0.500. The van der Waals surface area contributed by atoms with Crippen molar-refractivity contribution in [1.82, 2.24) is 4.98 Å². The van der Waals surface area contributed by atoms with Gasteiger partial charge in [0.15, 0.2) is 0 Å². The molecule has 2 atom stereocenters. The molecule has 1 aliphatic carbocycles. The van der Waals surface area contributed by atoms with Gasteiger partial charge in [-0.05, 0) is 31.9 Å². The zero-order valence-electron chi connectivity index (χ0n) is 11.4.